The van der Waals surface area contributed by atoms with E-state index in [-0.39, 0.29) is 41.0 Å². The number of fused-ring (bicyclic) bond motifs is 2. The third-order valence-electron chi connectivity index (χ3n) is 6.57. The van der Waals surface area contributed by atoms with Crippen molar-refractivity contribution in [1.29, 1.82) is 0 Å². The largest absolute Gasteiger partial charge is 0.493 e. The van der Waals surface area contributed by atoms with Crippen LogP contribution in [0.15, 0.2) is 65.6 Å². The van der Waals surface area contributed by atoms with Crippen molar-refractivity contribution in [2.45, 2.75) is 11.3 Å². The van der Waals surface area contributed by atoms with Gasteiger partial charge in [0.1, 0.15) is 10.6 Å². The molecule has 0 aromatic heterocycles. The average molecular weight is 579 g/mol. The van der Waals surface area contributed by atoms with Crippen molar-refractivity contribution >= 4 is 45.1 Å². The number of anilines is 2. The maximum Gasteiger partial charge on any atom is 0.331 e. The predicted octanol–water partition coefficient (Wildman–Crippen LogP) is 3.23. The minimum atomic E-state index is -4.05. The molecule has 0 saturated carbocycles. The molecule has 3 aromatic carbocycles. The zero-order valence-corrected chi connectivity index (χ0v) is 23.0. The van der Waals surface area contributed by atoms with Gasteiger partial charge in [-0.3, -0.25) is 13.9 Å². The van der Waals surface area contributed by atoms with Gasteiger partial charge >= 0.3 is 5.97 Å². The van der Waals surface area contributed by atoms with Gasteiger partial charge in [-0.05, 0) is 60.0 Å². The molecule has 3 aromatic rings. The van der Waals surface area contributed by atoms with E-state index in [9.17, 15) is 22.8 Å². The Morgan fingerprint density at radius 3 is 2.66 bits per heavy atom. The molecule has 0 spiro atoms. The van der Waals surface area contributed by atoms with Gasteiger partial charge in [-0.1, -0.05) is 18.2 Å². The Kier molecular flexibility index (Phi) is 7.66. The molecule has 2 aliphatic rings. The van der Waals surface area contributed by atoms with Crippen molar-refractivity contribution in [3.8, 4) is 17.2 Å². The molecule has 0 unspecified atom stereocenters. The molecule has 0 aliphatic carbocycles. The number of esters is 1. The number of para-hydroxylation sites is 1. The monoisotopic (exact) mass is 578 g/mol. The number of carbonyl (C=O) groups excluding carboxylic acids is 3. The number of carbonyl (C=O) groups is 3. The topological polar surface area (TPSA) is 138 Å². The van der Waals surface area contributed by atoms with E-state index < -0.39 is 28.4 Å². The van der Waals surface area contributed by atoms with Crippen LogP contribution in [0.4, 0.5) is 11.4 Å². The molecule has 11 nitrogen and oxygen atoms in total. The van der Waals surface area contributed by atoms with Crippen LogP contribution in [0, 0.1) is 0 Å². The van der Waals surface area contributed by atoms with Crippen LogP contribution in [0.3, 0.4) is 0 Å². The molecule has 0 atom stereocenters. The maximum absolute atomic E-state index is 13.8. The first-order valence-corrected chi connectivity index (χ1v) is 14.0. The molecule has 0 bridgehead atoms. The van der Waals surface area contributed by atoms with Crippen molar-refractivity contribution in [3.63, 3.8) is 0 Å². The number of hydrogen-bond donors (Lipinski definition) is 1. The summed E-state index contributed by atoms with van der Waals surface area (Å²) in [5, 5.41) is 2.61. The maximum atomic E-state index is 13.8. The van der Waals surface area contributed by atoms with E-state index >= 15 is 0 Å². The van der Waals surface area contributed by atoms with E-state index in [1.165, 1.54) is 48.9 Å². The number of nitrogens with one attached hydrogen (secondary N) is 1. The first kappa shape index (κ1) is 27.7. The summed E-state index contributed by atoms with van der Waals surface area (Å²) in [6.07, 6.45) is 3.02. The summed E-state index contributed by atoms with van der Waals surface area (Å²) in [4.78, 5) is 36.4. The Morgan fingerprint density at radius 1 is 1.07 bits per heavy atom. The van der Waals surface area contributed by atoms with Crippen molar-refractivity contribution in [3.05, 3.63) is 77.4 Å². The number of amides is 1. The molecular weight excluding hydrogens is 552 g/mol. The van der Waals surface area contributed by atoms with E-state index in [1.54, 1.807) is 18.2 Å². The van der Waals surface area contributed by atoms with E-state index in [4.69, 9.17) is 18.9 Å². The predicted molar refractivity (Wildman–Crippen MR) is 149 cm³/mol. The second kappa shape index (κ2) is 11.3. The summed E-state index contributed by atoms with van der Waals surface area (Å²) in [6, 6.07) is 14.7. The van der Waals surface area contributed by atoms with E-state index in [1.807, 2.05) is 12.1 Å². The third-order valence-corrected chi connectivity index (χ3v) is 8.39. The highest BCUT2D eigenvalue weighted by Gasteiger charge is 2.34. The van der Waals surface area contributed by atoms with E-state index in [2.05, 4.69) is 5.32 Å². The second-order valence-electron chi connectivity index (χ2n) is 9.12. The van der Waals surface area contributed by atoms with Crippen LogP contribution in [0.25, 0.3) is 6.08 Å². The van der Waals surface area contributed by atoms with Crippen LogP contribution in [-0.2, 0) is 30.8 Å². The number of methoxy groups -OCH3 is 2. The number of nitrogens with zero attached hydrogens (tertiary/aromatic N) is 1. The molecule has 0 saturated heterocycles. The quantitative estimate of drug-likeness (QED) is 0.230. The van der Waals surface area contributed by atoms with Crippen LogP contribution in [0.2, 0.25) is 0 Å². The number of ether oxygens (including phenoxy) is 4. The summed E-state index contributed by atoms with van der Waals surface area (Å²) >= 11 is 0. The van der Waals surface area contributed by atoms with E-state index in [0.717, 1.165) is 11.6 Å². The Hall–Kier alpha value is -4.84. The fraction of sp³-hybridized carbons (Fsp3) is 0.207. The summed E-state index contributed by atoms with van der Waals surface area (Å²) < 4.78 is 50.0. The molecule has 2 aliphatic heterocycles. The lowest BCUT2D eigenvalue weighted by Crippen LogP contribution is -2.29. The first-order chi connectivity index (χ1) is 19.7. The number of ketones is 1. The molecule has 0 radical (unpaired) electrons. The van der Waals surface area contributed by atoms with E-state index in [0.29, 0.717) is 29.1 Å². The molecule has 212 valence electrons. The Bertz CT molecular complexity index is 1680. The first-order valence-electron chi connectivity index (χ1n) is 12.5. The third kappa shape index (κ3) is 5.59. The molecule has 12 heteroatoms. The fourth-order valence-electron chi connectivity index (χ4n) is 4.60. The number of Topliss-reactive ketones (excluding diaryl/α,β-unsaturated/α-hetero) is 1. The van der Waals surface area contributed by atoms with Crippen molar-refractivity contribution in [2.75, 3.05) is 43.6 Å². The summed E-state index contributed by atoms with van der Waals surface area (Å²) in [7, 11) is -1.32. The molecule has 1 N–H and O–H groups in total. The Morgan fingerprint density at radius 2 is 1.88 bits per heavy atom. The summed E-state index contributed by atoms with van der Waals surface area (Å²) in [5.41, 5.74) is 2.43. The van der Waals surface area contributed by atoms with Gasteiger partial charge in [-0.2, -0.15) is 0 Å². The number of benzene rings is 3. The van der Waals surface area contributed by atoms with Gasteiger partial charge in [0.05, 0.1) is 25.6 Å². The van der Waals surface area contributed by atoms with Gasteiger partial charge < -0.3 is 24.3 Å². The number of hydrogen-bond acceptors (Lipinski definition) is 9. The van der Waals surface area contributed by atoms with Crippen LogP contribution in [0.1, 0.15) is 21.5 Å². The van der Waals surface area contributed by atoms with Crippen LogP contribution >= 0.6 is 0 Å². The molecule has 0 fully saturated rings. The standard InChI is InChI=1S/C29H26N2O9S/c1-37-25-13-18(14-26(29(25)38-2)41(35,36)31-12-11-19-5-3-4-6-22(19)31)7-10-28(34)40-16-23(32)20-8-9-24-21(15-20)30-27(33)17-39-24/h3-10,13-15H,11-12,16-17H2,1-2H3,(H,30,33). The van der Waals surface area contributed by atoms with Gasteiger partial charge in [0.2, 0.25) is 0 Å². The fourth-order valence-corrected chi connectivity index (χ4v) is 6.31. The lowest BCUT2D eigenvalue weighted by Gasteiger charge is -2.22. The summed E-state index contributed by atoms with van der Waals surface area (Å²) in [6.45, 7) is -0.377. The zero-order valence-electron chi connectivity index (χ0n) is 22.2. The van der Waals surface area contributed by atoms with Crippen molar-refractivity contribution in [2.24, 2.45) is 0 Å². The van der Waals surface area contributed by atoms with Crippen LogP contribution < -0.4 is 23.8 Å². The van der Waals surface area contributed by atoms with Gasteiger partial charge in [0.15, 0.2) is 30.5 Å². The number of rotatable bonds is 9. The highest BCUT2D eigenvalue weighted by molar-refractivity contribution is 7.93. The lowest BCUT2D eigenvalue weighted by molar-refractivity contribution is -0.136. The SMILES string of the molecule is COc1cc(C=CC(=O)OCC(=O)c2ccc3c(c2)NC(=O)CO3)cc(S(=O)(=O)N2CCc3ccccc32)c1OC. The minimum Gasteiger partial charge on any atom is -0.493 e. The van der Waals surface area contributed by atoms with Crippen LogP contribution in [-0.4, -0.2) is 60.1 Å². The average Bonchev–Trinajstić information content (AvgIpc) is 3.43. The highest BCUT2D eigenvalue weighted by atomic mass is 32.2. The number of sulfonamides is 1. The van der Waals surface area contributed by atoms with Crippen LogP contribution in [0.5, 0.6) is 17.2 Å². The van der Waals surface area contributed by atoms with Gasteiger partial charge in [-0.15, -0.1) is 0 Å². The smallest absolute Gasteiger partial charge is 0.331 e. The molecule has 2 heterocycles. The van der Waals surface area contributed by atoms with Crippen molar-refractivity contribution in [1.82, 2.24) is 0 Å². The normalized spacial score (nSPS) is 14.1. The lowest BCUT2D eigenvalue weighted by atomic mass is 10.1. The Labute approximate surface area is 236 Å². The molecule has 41 heavy (non-hydrogen) atoms. The Balaban J connectivity index is 1.33. The van der Waals surface area contributed by atoms with Crippen molar-refractivity contribution < 1.29 is 41.7 Å². The highest BCUT2D eigenvalue weighted by Crippen LogP contribution is 2.40. The summed E-state index contributed by atoms with van der Waals surface area (Å²) in [5.74, 6) is -1.01. The molecular formula is C29H26N2O9S. The molecule has 1 amide bonds. The molecule has 5 rings (SSSR count). The van der Waals surface area contributed by atoms with Gasteiger partial charge in [0, 0.05) is 18.2 Å². The zero-order chi connectivity index (χ0) is 29.1. The van der Waals surface area contributed by atoms with Gasteiger partial charge in [-0.25, -0.2) is 13.2 Å². The minimum absolute atomic E-state index is 0.0360. The second-order valence-corrected chi connectivity index (χ2v) is 11.0. The van der Waals surface area contributed by atoms with Gasteiger partial charge in [0.25, 0.3) is 15.9 Å².